The Morgan fingerprint density at radius 3 is 2.36 bits per heavy atom. The molecule has 0 atom stereocenters. The van der Waals surface area contributed by atoms with Crippen LogP contribution in [0, 0.1) is 18.7 Å². The van der Waals surface area contributed by atoms with Gasteiger partial charge in [-0.1, -0.05) is 30.3 Å². The third kappa shape index (κ3) is 6.61. The molecule has 33 heavy (non-hydrogen) atoms. The summed E-state index contributed by atoms with van der Waals surface area (Å²) in [6.45, 7) is 6.82. The molecule has 1 saturated heterocycles. The minimum Gasteiger partial charge on any atom is -0.444 e. The summed E-state index contributed by atoms with van der Waals surface area (Å²) in [5.74, 6) is -1.80. The van der Waals surface area contributed by atoms with Crippen molar-refractivity contribution >= 4 is 21.9 Å². The van der Waals surface area contributed by atoms with Crippen molar-refractivity contribution in [2.45, 2.75) is 33.3 Å². The first-order valence-electron chi connectivity index (χ1n) is 10.7. The SMILES string of the molecule is Cc1cc(-c2ccccc2)cc(C(=O)CNS(=O)(=O)CC2CN(C(=O)OC(C)(C)C)C2)c1F. The zero-order valence-corrected chi connectivity index (χ0v) is 20.0. The Hall–Kier alpha value is -2.78. The number of nitrogens with one attached hydrogen (secondary N) is 1. The largest absolute Gasteiger partial charge is 0.444 e. The van der Waals surface area contributed by atoms with Gasteiger partial charge in [-0.25, -0.2) is 22.3 Å². The molecular weight excluding hydrogens is 447 g/mol. The summed E-state index contributed by atoms with van der Waals surface area (Å²) in [4.78, 5) is 26.1. The van der Waals surface area contributed by atoms with Crippen molar-refractivity contribution in [3.8, 4) is 11.1 Å². The number of ketones is 1. The van der Waals surface area contributed by atoms with E-state index < -0.39 is 39.9 Å². The molecule has 1 N–H and O–H groups in total. The molecule has 2 aromatic rings. The van der Waals surface area contributed by atoms with Crippen molar-refractivity contribution < 1.29 is 27.1 Å². The van der Waals surface area contributed by atoms with Crippen molar-refractivity contribution in [2.75, 3.05) is 25.4 Å². The number of sulfonamides is 1. The number of Topliss-reactive ketones (excluding diaryl/α,β-unsaturated/α-hetero) is 1. The monoisotopic (exact) mass is 476 g/mol. The number of carbonyl (C=O) groups excluding carboxylic acids is 2. The molecule has 0 aliphatic carbocycles. The van der Waals surface area contributed by atoms with Crippen LogP contribution in [-0.4, -0.2) is 56.2 Å². The van der Waals surface area contributed by atoms with Crippen molar-refractivity contribution in [3.63, 3.8) is 0 Å². The molecule has 0 bridgehead atoms. The summed E-state index contributed by atoms with van der Waals surface area (Å²) in [7, 11) is -3.79. The number of halogens is 1. The predicted octanol–water partition coefficient (Wildman–Crippen LogP) is 3.77. The fourth-order valence-corrected chi connectivity index (χ4v) is 4.86. The van der Waals surface area contributed by atoms with E-state index in [1.807, 2.05) is 30.3 Å². The number of nitrogens with zero attached hydrogens (tertiary/aromatic N) is 1. The van der Waals surface area contributed by atoms with Crippen LogP contribution in [0.1, 0.15) is 36.7 Å². The van der Waals surface area contributed by atoms with Crippen LogP contribution in [0.5, 0.6) is 0 Å². The van der Waals surface area contributed by atoms with Gasteiger partial charge in [-0.05, 0) is 56.5 Å². The van der Waals surface area contributed by atoms with Gasteiger partial charge in [0.05, 0.1) is 17.9 Å². The van der Waals surface area contributed by atoms with Gasteiger partial charge in [-0.2, -0.15) is 0 Å². The van der Waals surface area contributed by atoms with Gasteiger partial charge in [0.15, 0.2) is 5.78 Å². The highest BCUT2D eigenvalue weighted by molar-refractivity contribution is 7.89. The van der Waals surface area contributed by atoms with E-state index in [0.717, 1.165) is 5.56 Å². The fraction of sp³-hybridized carbons (Fsp3) is 0.417. The lowest BCUT2D eigenvalue weighted by molar-refractivity contribution is 0.00188. The first kappa shape index (κ1) is 24.9. The van der Waals surface area contributed by atoms with Gasteiger partial charge in [-0.15, -0.1) is 0 Å². The summed E-state index contributed by atoms with van der Waals surface area (Å²) in [5.41, 5.74) is 1.03. The molecule has 0 unspecified atom stereocenters. The first-order valence-corrected chi connectivity index (χ1v) is 12.3. The maximum absolute atomic E-state index is 14.6. The third-order valence-electron chi connectivity index (χ3n) is 5.18. The maximum Gasteiger partial charge on any atom is 0.410 e. The zero-order valence-electron chi connectivity index (χ0n) is 19.2. The second-order valence-corrected chi connectivity index (χ2v) is 11.1. The Labute approximate surface area is 194 Å². The zero-order chi connectivity index (χ0) is 24.4. The van der Waals surface area contributed by atoms with Crippen LogP contribution in [0.3, 0.4) is 0 Å². The van der Waals surface area contributed by atoms with E-state index in [0.29, 0.717) is 11.1 Å². The van der Waals surface area contributed by atoms with Crippen LogP contribution in [0.25, 0.3) is 11.1 Å². The molecular formula is C24H29FN2O5S. The Morgan fingerprint density at radius 2 is 1.76 bits per heavy atom. The minimum absolute atomic E-state index is 0.156. The first-order chi connectivity index (χ1) is 15.3. The predicted molar refractivity (Wildman–Crippen MR) is 124 cm³/mol. The number of hydrogen-bond acceptors (Lipinski definition) is 5. The topological polar surface area (TPSA) is 92.8 Å². The third-order valence-corrected chi connectivity index (χ3v) is 6.67. The number of ether oxygens (including phenoxy) is 1. The highest BCUT2D eigenvalue weighted by atomic mass is 32.2. The standard InChI is InChI=1S/C24H29FN2O5S/c1-16-10-19(18-8-6-5-7-9-18)11-20(22(16)25)21(28)12-26-33(30,31)15-17-13-27(14-17)23(29)32-24(2,3)4/h5-11,17,26H,12-15H2,1-4H3. The van der Waals surface area contributed by atoms with Gasteiger partial charge in [-0.3, -0.25) is 4.79 Å². The molecule has 0 spiro atoms. The lowest BCUT2D eigenvalue weighted by Crippen LogP contribution is -2.54. The van der Waals surface area contributed by atoms with Crippen LogP contribution in [-0.2, 0) is 14.8 Å². The highest BCUT2D eigenvalue weighted by Crippen LogP contribution is 2.25. The van der Waals surface area contributed by atoms with Gasteiger partial charge in [0.2, 0.25) is 10.0 Å². The molecule has 0 saturated carbocycles. The van der Waals surface area contributed by atoms with E-state index >= 15 is 0 Å². The van der Waals surface area contributed by atoms with Crippen LogP contribution in [0.4, 0.5) is 9.18 Å². The number of amides is 1. The van der Waals surface area contributed by atoms with E-state index in [9.17, 15) is 22.4 Å². The van der Waals surface area contributed by atoms with Crippen molar-refractivity contribution in [3.05, 3.63) is 59.4 Å². The minimum atomic E-state index is -3.79. The molecule has 7 nitrogen and oxygen atoms in total. The number of carbonyl (C=O) groups is 2. The Morgan fingerprint density at radius 1 is 1.12 bits per heavy atom. The van der Waals surface area contributed by atoms with Crippen LogP contribution < -0.4 is 4.72 Å². The normalized spacial score (nSPS) is 14.6. The molecule has 1 amide bonds. The van der Waals surface area contributed by atoms with E-state index in [-0.39, 0.29) is 30.3 Å². The Kier molecular flexibility index (Phi) is 7.23. The van der Waals surface area contributed by atoms with E-state index in [1.54, 1.807) is 33.8 Å². The van der Waals surface area contributed by atoms with Gasteiger partial charge in [0.1, 0.15) is 11.4 Å². The second-order valence-electron chi connectivity index (χ2n) is 9.30. The number of benzene rings is 2. The number of hydrogen-bond donors (Lipinski definition) is 1. The van der Waals surface area contributed by atoms with Crippen LogP contribution in [0.15, 0.2) is 42.5 Å². The average Bonchev–Trinajstić information content (AvgIpc) is 2.70. The molecule has 1 aliphatic heterocycles. The van der Waals surface area contributed by atoms with Crippen molar-refractivity contribution in [1.29, 1.82) is 0 Å². The van der Waals surface area contributed by atoms with Gasteiger partial charge in [0.25, 0.3) is 0 Å². The smallest absolute Gasteiger partial charge is 0.410 e. The second kappa shape index (κ2) is 9.61. The number of aryl methyl sites for hydroxylation is 1. The molecule has 0 radical (unpaired) electrons. The van der Waals surface area contributed by atoms with Gasteiger partial charge >= 0.3 is 6.09 Å². The summed E-state index contributed by atoms with van der Waals surface area (Å²) in [5, 5.41) is 0. The summed E-state index contributed by atoms with van der Waals surface area (Å²) < 4.78 is 47.0. The Balaban J connectivity index is 1.58. The summed E-state index contributed by atoms with van der Waals surface area (Å²) in [6, 6.07) is 12.3. The molecule has 9 heteroatoms. The quantitative estimate of drug-likeness (QED) is 0.614. The Bertz CT molecular complexity index is 1140. The lowest BCUT2D eigenvalue weighted by Gasteiger charge is -2.39. The van der Waals surface area contributed by atoms with Crippen LogP contribution >= 0.6 is 0 Å². The van der Waals surface area contributed by atoms with Crippen molar-refractivity contribution in [1.82, 2.24) is 9.62 Å². The molecule has 178 valence electrons. The summed E-state index contributed by atoms with van der Waals surface area (Å²) in [6.07, 6.45) is -0.483. The number of rotatable bonds is 7. The summed E-state index contributed by atoms with van der Waals surface area (Å²) >= 11 is 0. The average molecular weight is 477 g/mol. The maximum atomic E-state index is 14.6. The van der Waals surface area contributed by atoms with Crippen molar-refractivity contribution in [2.24, 2.45) is 5.92 Å². The van der Waals surface area contributed by atoms with Gasteiger partial charge < -0.3 is 9.64 Å². The van der Waals surface area contributed by atoms with E-state index in [1.165, 1.54) is 11.0 Å². The molecule has 0 aromatic heterocycles. The highest BCUT2D eigenvalue weighted by Gasteiger charge is 2.36. The molecule has 1 fully saturated rings. The lowest BCUT2D eigenvalue weighted by atomic mass is 9.98. The number of likely N-dealkylation sites (tertiary alicyclic amines) is 1. The molecule has 1 aliphatic rings. The van der Waals surface area contributed by atoms with E-state index in [4.69, 9.17) is 4.74 Å². The van der Waals surface area contributed by atoms with Crippen LogP contribution in [0.2, 0.25) is 0 Å². The molecule has 2 aromatic carbocycles. The fourth-order valence-electron chi connectivity index (χ4n) is 3.56. The van der Waals surface area contributed by atoms with Gasteiger partial charge in [0, 0.05) is 19.0 Å². The van der Waals surface area contributed by atoms with E-state index in [2.05, 4.69) is 4.72 Å². The molecule has 3 rings (SSSR count). The molecule has 1 heterocycles.